The monoisotopic (exact) mass is 240 g/mol. The van der Waals surface area contributed by atoms with E-state index in [4.69, 9.17) is 11.6 Å². The van der Waals surface area contributed by atoms with Gasteiger partial charge in [-0.1, -0.05) is 17.7 Å². The number of hydrogen-bond donors (Lipinski definition) is 1. The fraction of sp³-hybridized carbons (Fsp3) is 0.100. The smallest absolute Gasteiger partial charge is 0.270 e. The van der Waals surface area contributed by atoms with E-state index >= 15 is 0 Å². The van der Waals surface area contributed by atoms with Gasteiger partial charge in [0.15, 0.2) is 0 Å². The molecule has 84 valence electrons. The lowest BCUT2D eigenvalue weighted by molar-refractivity contribution is -0.384. The van der Waals surface area contributed by atoms with E-state index in [0.29, 0.717) is 0 Å². The molecule has 6 heteroatoms. The van der Waals surface area contributed by atoms with Crippen LogP contribution in [0, 0.1) is 10.1 Å². The summed E-state index contributed by atoms with van der Waals surface area (Å²) in [4.78, 5) is 21.5. The van der Waals surface area contributed by atoms with E-state index in [1.165, 1.54) is 18.2 Å². The Kier molecular flexibility index (Phi) is 4.02. The lowest BCUT2D eigenvalue weighted by Gasteiger charge is -2.04. The Bertz CT molecular complexity index is 446. The topological polar surface area (TPSA) is 72.2 Å². The third-order valence-corrected chi connectivity index (χ3v) is 2.14. The molecule has 1 amide bonds. The number of rotatable bonds is 4. The molecule has 0 atom stereocenters. The molecule has 0 aromatic heterocycles. The number of nitrogens with one attached hydrogen (secondary N) is 1. The summed E-state index contributed by atoms with van der Waals surface area (Å²) in [6, 6.07) is 3.70. The molecule has 1 rings (SSSR count). The minimum Gasteiger partial charge on any atom is -0.349 e. The highest BCUT2D eigenvalue weighted by atomic mass is 35.5. The summed E-state index contributed by atoms with van der Waals surface area (Å²) in [7, 11) is 0. The standard InChI is InChI=1S/C10H9ClN2O3/c1-2-5-12-10(14)8-6-7(13(15)16)3-4-9(8)11/h2-4,6H,1,5H2,(H,12,14). The van der Waals surface area contributed by atoms with Crippen molar-refractivity contribution in [1.29, 1.82) is 0 Å². The number of benzene rings is 1. The van der Waals surface area contributed by atoms with Gasteiger partial charge in [0, 0.05) is 18.7 Å². The van der Waals surface area contributed by atoms with Crippen LogP contribution in [0.1, 0.15) is 10.4 Å². The van der Waals surface area contributed by atoms with Gasteiger partial charge in [-0.2, -0.15) is 0 Å². The molecule has 1 aromatic rings. The van der Waals surface area contributed by atoms with Crippen LogP contribution < -0.4 is 5.32 Å². The van der Waals surface area contributed by atoms with Crippen LogP contribution in [0.15, 0.2) is 30.9 Å². The highest BCUT2D eigenvalue weighted by Gasteiger charge is 2.14. The van der Waals surface area contributed by atoms with Crippen LogP contribution in [0.5, 0.6) is 0 Å². The molecule has 1 N–H and O–H groups in total. The molecule has 0 radical (unpaired) electrons. The molecule has 0 fully saturated rings. The Labute approximate surface area is 96.9 Å². The Morgan fingerprint density at radius 2 is 2.31 bits per heavy atom. The number of nitro groups is 1. The second-order valence-electron chi connectivity index (χ2n) is 2.92. The summed E-state index contributed by atoms with van der Waals surface area (Å²) in [5.74, 6) is -0.464. The third-order valence-electron chi connectivity index (χ3n) is 1.81. The van der Waals surface area contributed by atoms with Crippen molar-refractivity contribution in [3.8, 4) is 0 Å². The van der Waals surface area contributed by atoms with Gasteiger partial charge in [0.25, 0.3) is 11.6 Å². The average molecular weight is 241 g/mol. The van der Waals surface area contributed by atoms with Crippen LogP contribution in [0.4, 0.5) is 5.69 Å². The minimum atomic E-state index is -0.583. The fourth-order valence-electron chi connectivity index (χ4n) is 1.06. The van der Waals surface area contributed by atoms with Crippen molar-refractivity contribution in [2.75, 3.05) is 6.54 Å². The average Bonchev–Trinajstić information content (AvgIpc) is 2.26. The number of hydrogen-bond acceptors (Lipinski definition) is 3. The highest BCUT2D eigenvalue weighted by molar-refractivity contribution is 6.33. The molecule has 0 aliphatic carbocycles. The molecule has 16 heavy (non-hydrogen) atoms. The molecular formula is C10H9ClN2O3. The molecular weight excluding hydrogens is 232 g/mol. The van der Waals surface area contributed by atoms with Crippen molar-refractivity contribution >= 4 is 23.2 Å². The predicted molar refractivity (Wildman–Crippen MR) is 60.6 cm³/mol. The van der Waals surface area contributed by atoms with Crippen molar-refractivity contribution in [1.82, 2.24) is 5.32 Å². The van der Waals surface area contributed by atoms with E-state index in [-0.39, 0.29) is 22.8 Å². The van der Waals surface area contributed by atoms with Crippen molar-refractivity contribution in [3.63, 3.8) is 0 Å². The van der Waals surface area contributed by atoms with Crippen LogP contribution in [-0.2, 0) is 0 Å². The van der Waals surface area contributed by atoms with E-state index in [9.17, 15) is 14.9 Å². The van der Waals surface area contributed by atoms with Gasteiger partial charge in [-0.05, 0) is 6.07 Å². The summed E-state index contributed by atoms with van der Waals surface area (Å²) in [5, 5.41) is 13.2. The molecule has 0 saturated carbocycles. The zero-order valence-electron chi connectivity index (χ0n) is 8.27. The summed E-state index contributed by atoms with van der Waals surface area (Å²) >= 11 is 5.77. The van der Waals surface area contributed by atoms with Gasteiger partial charge >= 0.3 is 0 Å². The Balaban J connectivity index is 3.02. The molecule has 0 heterocycles. The van der Waals surface area contributed by atoms with Gasteiger partial charge < -0.3 is 5.32 Å². The molecule has 5 nitrogen and oxygen atoms in total. The number of halogens is 1. The van der Waals surface area contributed by atoms with Gasteiger partial charge in [0.2, 0.25) is 0 Å². The molecule has 0 unspecified atom stereocenters. The van der Waals surface area contributed by atoms with E-state index in [2.05, 4.69) is 11.9 Å². The van der Waals surface area contributed by atoms with E-state index in [1.807, 2.05) is 0 Å². The zero-order valence-corrected chi connectivity index (χ0v) is 9.03. The maximum Gasteiger partial charge on any atom is 0.270 e. The van der Waals surface area contributed by atoms with Gasteiger partial charge in [-0.25, -0.2) is 0 Å². The van der Waals surface area contributed by atoms with Gasteiger partial charge in [-0.15, -0.1) is 6.58 Å². The molecule has 0 aliphatic rings. The summed E-state index contributed by atoms with van der Waals surface area (Å²) in [6.07, 6.45) is 1.50. The largest absolute Gasteiger partial charge is 0.349 e. The number of nitro benzene ring substituents is 1. The first-order valence-electron chi connectivity index (χ1n) is 4.39. The lowest BCUT2D eigenvalue weighted by atomic mass is 10.2. The molecule has 0 saturated heterocycles. The second kappa shape index (κ2) is 5.27. The fourth-order valence-corrected chi connectivity index (χ4v) is 1.26. The normalized spacial score (nSPS) is 9.56. The SMILES string of the molecule is C=CCNC(=O)c1cc([N+](=O)[O-])ccc1Cl. The lowest BCUT2D eigenvalue weighted by Crippen LogP contribution is -2.23. The summed E-state index contributed by atoms with van der Waals surface area (Å²) in [6.45, 7) is 3.71. The third kappa shape index (κ3) is 2.80. The van der Waals surface area contributed by atoms with Gasteiger partial charge in [0.1, 0.15) is 0 Å². The van der Waals surface area contributed by atoms with Gasteiger partial charge in [-0.3, -0.25) is 14.9 Å². The summed E-state index contributed by atoms with van der Waals surface area (Å²) in [5.41, 5.74) is -0.0918. The maximum absolute atomic E-state index is 11.5. The molecule has 1 aromatic carbocycles. The number of carbonyl (C=O) groups excluding carboxylic acids is 1. The van der Waals surface area contributed by atoms with E-state index in [0.717, 1.165) is 6.07 Å². The van der Waals surface area contributed by atoms with Crippen LogP contribution in [0.2, 0.25) is 5.02 Å². The maximum atomic E-state index is 11.5. The van der Waals surface area contributed by atoms with Crippen LogP contribution in [0.25, 0.3) is 0 Å². The summed E-state index contributed by atoms with van der Waals surface area (Å²) < 4.78 is 0. The highest BCUT2D eigenvalue weighted by Crippen LogP contribution is 2.21. The molecule has 0 spiro atoms. The molecule has 0 aliphatic heterocycles. The van der Waals surface area contributed by atoms with Crippen molar-refractivity contribution < 1.29 is 9.72 Å². The van der Waals surface area contributed by atoms with Crippen molar-refractivity contribution in [2.45, 2.75) is 0 Å². The van der Waals surface area contributed by atoms with Crippen LogP contribution in [-0.4, -0.2) is 17.4 Å². The number of carbonyl (C=O) groups is 1. The number of non-ortho nitro benzene ring substituents is 1. The van der Waals surface area contributed by atoms with Gasteiger partial charge in [0.05, 0.1) is 15.5 Å². The van der Waals surface area contributed by atoms with Crippen LogP contribution >= 0.6 is 11.6 Å². The number of amides is 1. The Morgan fingerprint density at radius 3 is 2.88 bits per heavy atom. The Morgan fingerprint density at radius 1 is 1.62 bits per heavy atom. The van der Waals surface area contributed by atoms with Crippen molar-refractivity contribution in [2.24, 2.45) is 0 Å². The quantitative estimate of drug-likeness (QED) is 0.498. The Hall–Kier alpha value is -1.88. The van der Waals surface area contributed by atoms with E-state index in [1.54, 1.807) is 0 Å². The van der Waals surface area contributed by atoms with Crippen molar-refractivity contribution in [3.05, 3.63) is 51.6 Å². The predicted octanol–water partition coefficient (Wildman–Crippen LogP) is 2.16. The zero-order chi connectivity index (χ0) is 12.1. The van der Waals surface area contributed by atoms with E-state index < -0.39 is 10.8 Å². The second-order valence-corrected chi connectivity index (χ2v) is 3.33. The van der Waals surface area contributed by atoms with Crippen LogP contribution in [0.3, 0.4) is 0 Å². The molecule has 0 bridgehead atoms. The first-order chi connectivity index (χ1) is 7.56. The first kappa shape index (κ1) is 12.2. The minimum absolute atomic E-state index is 0.0812. The number of nitrogens with zero attached hydrogens (tertiary/aromatic N) is 1. The first-order valence-corrected chi connectivity index (χ1v) is 4.77.